The Morgan fingerprint density at radius 3 is 2.50 bits per heavy atom. The molecular weight excluding hydrogens is 250 g/mol. The SMILES string of the molecule is CNc1ncccc1S(=O)(=O)N1CCCCCC1. The summed E-state index contributed by atoms with van der Waals surface area (Å²) in [5.41, 5.74) is 0. The van der Waals surface area contributed by atoms with E-state index in [1.54, 1.807) is 29.7 Å². The summed E-state index contributed by atoms with van der Waals surface area (Å²) in [6.45, 7) is 1.22. The highest BCUT2D eigenvalue weighted by Crippen LogP contribution is 2.24. The van der Waals surface area contributed by atoms with Crippen molar-refractivity contribution in [2.45, 2.75) is 30.6 Å². The van der Waals surface area contributed by atoms with Gasteiger partial charge in [0.1, 0.15) is 10.7 Å². The van der Waals surface area contributed by atoms with Gasteiger partial charge in [0.05, 0.1) is 0 Å². The molecule has 1 saturated heterocycles. The van der Waals surface area contributed by atoms with Crippen molar-refractivity contribution in [3.8, 4) is 0 Å². The number of hydrogen-bond acceptors (Lipinski definition) is 4. The number of anilines is 1. The highest BCUT2D eigenvalue weighted by Gasteiger charge is 2.27. The number of nitrogens with zero attached hydrogens (tertiary/aromatic N) is 2. The average molecular weight is 269 g/mol. The molecule has 0 radical (unpaired) electrons. The molecule has 100 valence electrons. The summed E-state index contributed by atoms with van der Waals surface area (Å²) < 4.78 is 26.7. The maximum atomic E-state index is 12.6. The second kappa shape index (κ2) is 5.67. The van der Waals surface area contributed by atoms with Crippen molar-refractivity contribution in [2.75, 3.05) is 25.5 Å². The van der Waals surface area contributed by atoms with Crippen LogP contribution in [0.15, 0.2) is 23.2 Å². The largest absolute Gasteiger partial charge is 0.372 e. The van der Waals surface area contributed by atoms with Crippen molar-refractivity contribution in [1.82, 2.24) is 9.29 Å². The molecule has 0 atom stereocenters. The standard InChI is InChI=1S/C12H19N3O2S/c1-13-12-11(7-6-8-14-12)18(16,17)15-9-4-2-3-5-10-15/h6-8H,2-5,9-10H2,1H3,(H,13,14). The van der Waals surface area contributed by atoms with Gasteiger partial charge in [-0.05, 0) is 25.0 Å². The van der Waals surface area contributed by atoms with Gasteiger partial charge < -0.3 is 5.32 Å². The number of pyridine rings is 1. The van der Waals surface area contributed by atoms with Gasteiger partial charge in [-0.2, -0.15) is 4.31 Å². The van der Waals surface area contributed by atoms with Crippen LogP contribution in [-0.2, 0) is 10.0 Å². The van der Waals surface area contributed by atoms with Crippen molar-refractivity contribution in [2.24, 2.45) is 0 Å². The van der Waals surface area contributed by atoms with E-state index in [0.29, 0.717) is 18.9 Å². The molecule has 1 aromatic rings. The molecule has 2 rings (SSSR count). The first-order valence-corrected chi connectivity index (χ1v) is 7.73. The molecule has 18 heavy (non-hydrogen) atoms. The van der Waals surface area contributed by atoms with Gasteiger partial charge in [0.25, 0.3) is 0 Å². The molecule has 2 heterocycles. The van der Waals surface area contributed by atoms with Crippen LogP contribution in [0.2, 0.25) is 0 Å². The highest BCUT2D eigenvalue weighted by molar-refractivity contribution is 7.89. The lowest BCUT2D eigenvalue weighted by Crippen LogP contribution is -2.32. The van der Waals surface area contributed by atoms with Gasteiger partial charge in [0.2, 0.25) is 10.0 Å². The number of nitrogens with one attached hydrogen (secondary N) is 1. The minimum absolute atomic E-state index is 0.273. The van der Waals surface area contributed by atoms with Gasteiger partial charge >= 0.3 is 0 Å². The molecule has 0 unspecified atom stereocenters. The Hall–Kier alpha value is -1.14. The average Bonchev–Trinajstić information content (AvgIpc) is 2.68. The maximum absolute atomic E-state index is 12.6. The van der Waals surface area contributed by atoms with Crippen LogP contribution in [0.5, 0.6) is 0 Å². The summed E-state index contributed by atoms with van der Waals surface area (Å²) in [5, 5.41) is 2.84. The second-order valence-electron chi connectivity index (χ2n) is 4.42. The first kappa shape index (κ1) is 13.3. The summed E-state index contributed by atoms with van der Waals surface area (Å²) >= 11 is 0. The van der Waals surface area contributed by atoms with Gasteiger partial charge in [0.15, 0.2) is 0 Å². The lowest BCUT2D eigenvalue weighted by molar-refractivity contribution is 0.424. The van der Waals surface area contributed by atoms with Crippen molar-refractivity contribution >= 4 is 15.8 Å². The summed E-state index contributed by atoms with van der Waals surface area (Å²) in [6.07, 6.45) is 5.69. The van der Waals surface area contributed by atoms with E-state index in [0.717, 1.165) is 25.7 Å². The Morgan fingerprint density at radius 2 is 1.89 bits per heavy atom. The summed E-state index contributed by atoms with van der Waals surface area (Å²) in [4.78, 5) is 4.34. The quantitative estimate of drug-likeness (QED) is 0.907. The molecule has 1 aromatic heterocycles. The van der Waals surface area contributed by atoms with Gasteiger partial charge in [-0.25, -0.2) is 13.4 Å². The Morgan fingerprint density at radius 1 is 1.22 bits per heavy atom. The van der Waals surface area contributed by atoms with E-state index < -0.39 is 10.0 Å². The Labute approximate surface area is 108 Å². The zero-order valence-electron chi connectivity index (χ0n) is 10.6. The van der Waals surface area contributed by atoms with Crippen molar-refractivity contribution in [1.29, 1.82) is 0 Å². The van der Waals surface area contributed by atoms with E-state index in [-0.39, 0.29) is 4.90 Å². The topological polar surface area (TPSA) is 62.3 Å². The monoisotopic (exact) mass is 269 g/mol. The lowest BCUT2D eigenvalue weighted by atomic mass is 10.2. The molecule has 1 N–H and O–H groups in total. The van der Waals surface area contributed by atoms with Crippen LogP contribution in [0.25, 0.3) is 0 Å². The minimum Gasteiger partial charge on any atom is -0.372 e. The molecule has 0 aliphatic carbocycles. The fourth-order valence-electron chi connectivity index (χ4n) is 2.21. The summed E-state index contributed by atoms with van der Waals surface area (Å²) in [6, 6.07) is 3.27. The van der Waals surface area contributed by atoms with Gasteiger partial charge in [-0.15, -0.1) is 0 Å². The third-order valence-corrected chi connectivity index (χ3v) is 5.12. The van der Waals surface area contributed by atoms with Crippen LogP contribution < -0.4 is 5.32 Å². The van der Waals surface area contributed by atoms with Crippen LogP contribution in [0.1, 0.15) is 25.7 Å². The Kier molecular flexibility index (Phi) is 4.19. The minimum atomic E-state index is -3.42. The zero-order valence-corrected chi connectivity index (χ0v) is 11.4. The lowest BCUT2D eigenvalue weighted by Gasteiger charge is -2.20. The number of aromatic nitrogens is 1. The Balaban J connectivity index is 2.34. The maximum Gasteiger partial charge on any atom is 0.246 e. The second-order valence-corrected chi connectivity index (χ2v) is 6.32. The van der Waals surface area contributed by atoms with Crippen LogP contribution in [0.3, 0.4) is 0 Å². The summed E-state index contributed by atoms with van der Waals surface area (Å²) in [7, 11) is -1.74. The smallest absolute Gasteiger partial charge is 0.246 e. The van der Waals surface area contributed by atoms with Gasteiger partial charge in [-0.1, -0.05) is 12.8 Å². The fourth-order valence-corrected chi connectivity index (χ4v) is 3.87. The van der Waals surface area contributed by atoms with Crippen LogP contribution in [0, 0.1) is 0 Å². The number of hydrogen-bond donors (Lipinski definition) is 1. The predicted molar refractivity (Wildman–Crippen MR) is 71.0 cm³/mol. The molecule has 0 amide bonds. The molecule has 0 saturated carbocycles. The molecule has 1 aliphatic rings. The van der Waals surface area contributed by atoms with E-state index in [1.807, 2.05) is 0 Å². The molecule has 0 bridgehead atoms. The third kappa shape index (κ3) is 2.64. The predicted octanol–water partition coefficient (Wildman–Crippen LogP) is 1.69. The van der Waals surface area contributed by atoms with Gasteiger partial charge in [0, 0.05) is 26.3 Å². The van der Waals surface area contributed by atoms with Crippen molar-refractivity contribution < 1.29 is 8.42 Å². The van der Waals surface area contributed by atoms with E-state index in [2.05, 4.69) is 10.3 Å². The third-order valence-electron chi connectivity index (χ3n) is 3.19. The molecule has 0 spiro atoms. The summed E-state index contributed by atoms with van der Waals surface area (Å²) in [5.74, 6) is 0.418. The van der Waals surface area contributed by atoms with E-state index >= 15 is 0 Å². The van der Waals surface area contributed by atoms with Crippen LogP contribution in [0.4, 0.5) is 5.82 Å². The van der Waals surface area contributed by atoms with Crippen LogP contribution in [-0.4, -0.2) is 37.8 Å². The number of rotatable bonds is 3. The highest BCUT2D eigenvalue weighted by atomic mass is 32.2. The normalized spacial score (nSPS) is 18.3. The Bertz CT molecular complexity index is 494. The van der Waals surface area contributed by atoms with E-state index in [1.165, 1.54) is 0 Å². The van der Waals surface area contributed by atoms with E-state index in [4.69, 9.17) is 0 Å². The van der Waals surface area contributed by atoms with Crippen molar-refractivity contribution in [3.63, 3.8) is 0 Å². The number of sulfonamides is 1. The molecule has 1 aliphatic heterocycles. The van der Waals surface area contributed by atoms with Gasteiger partial charge in [-0.3, -0.25) is 0 Å². The molecule has 1 fully saturated rings. The molecule has 6 heteroatoms. The van der Waals surface area contributed by atoms with E-state index in [9.17, 15) is 8.42 Å². The van der Waals surface area contributed by atoms with Crippen LogP contribution >= 0.6 is 0 Å². The first-order valence-electron chi connectivity index (χ1n) is 6.29. The first-order chi connectivity index (χ1) is 8.66. The fraction of sp³-hybridized carbons (Fsp3) is 0.583. The molecule has 0 aromatic carbocycles. The molecule has 5 nitrogen and oxygen atoms in total. The van der Waals surface area contributed by atoms with Crippen molar-refractivity contribution in [3.05, 3.63) is 18.3 Å². The molecular formula is C12H19N3O2S. The zero-order chi connectivity index (χ0) is 13.0.